The molecule has 18 aromatic rings. The molecule has 0 amide bonds. The molecule has 0 saturated heterocycles. The van der Waals surface area contributed by atoms with Crippen LogP contribution in [0.3, 0.4) is 0 Å². The lowest BCUT2D eigenvalue weighted by Crippen LogP contribution is -1.94. The number of fused-ring (bicyclic) bond motifs is 12. The monoisotopic (exact) mass is 1220 g/mol. The van der Waals surface area contributed by atoms with Gasteiger partial charge in [0.25, 0.3) is 0 Å². The third-order valence-electron chi connectivity index (χ3n) is 16.7. The van der Waals surface area contributed by atoms with Crippen molar-refractivity contribution in [2.45, 2.75) is 0 Å². The Bertz CT molecular complexity index is 5620. The lowest BCUT2D eigenvalue weighted by atomic mass is 10.0. The molecule has 4 heterocycles. The predicted octanol–water partition coefficient (Wildman–Crippen LogP) is 23.7. The highest BCUT2D eigenvalue weighted by Gasteiger charge is 2.17. The molecule has 4 N–H and O–H groups in total. The van der Waals surface area contributed by atoms with Crippen molar-refractivity contribution in [3.63, 3.8) is 0 Å². The second-order valence-electron chi connectivity index (χ2n) is 22.8. The van der Waals surface area contributed by atoms with Gasteiger partial charge in [-0.3, -0.25) is 4.98 Å². The molecule has 0 radical (unpaired) electrons. The summed E-state index contributed by atoms with van der Waals surface area (Å²) in [5.74, 6) is -0.219. The van der Waals surface area contributed by atoms with Gasteiger partial charge in [-0.15, -0.1) is 0 Å². The predicted molar refractivity (Wildman–Crippen MR) is 393 cm³/mol. The summed E-state index contributed by atoms with van der Waals surface area (Å²) >= 11 is 0. The van der Waals surface area contributed by atoms with E-state index in [-0.39, 0.29) is 5.82 Å². The summed E-state index contributed by atoms with van der Waals surface area (Å²) < 4.78 is 23.5. The Balaban J connectivity index is 0.000000106. The SMILES string of the molecule is Fc1ccc(Nc2ccccc2)cc1.c1ccc(Nc2ccc3c(c2)c2cnccc2n3-c2ccccc2)cc1.c1ccc(Nc2cccc3c2c2ccccc2n3-c2ccccc2)cc1.c1ccc2cc(Nc3cccc4c3oc3ccc5ccccc5c34)ccc2c1. The van der Waals surface area contributed by atoms with Crippen LogP contribution in [0.4, 0.5) is 49.9 Å². The first kappa shape index (κ1) is 57.7. The number of benzene rings is 14. The molecule has 4 aromatic heterocycles. The number of para-hydroxylation sites is 7. The first-order valence-corrected chi connectivity index (χ1v) is 31.3. The van der Waals surface area contributed by atoms with Crippen LogP contribution in [0.25, 0.3) is 98.5 Å². The number of furan rings is 1. The fourth-order valence-electron chi connectivity index (χ4n) is 12.5. The van der Waals surface area contributed by atoms with Gasteiger partial charge in [-0.25, -0.2) is 4.39 Å². The maximum atomic E-state index is 12.6. The van der Waals surface area contributed by atoms with E-state index in [0.717, 1.165) is 78.6 Å². The van der Waals surface area contributed by atoms with E-state index in [0.29, 0.717) is 0 Å². The Morgan fingerprint density at radius 2 is 0.755 bits per heavy atom. The number of anilines is 8. The quantitative estimate of drug-likeness (QED) is 0.109. The number of hydrogen-bond donors (Lipinski definition) is 4. The van der Waals surface area contributed by atoms with Crippen LogP contribution in [0.2, 0.25) is 0 Å². The van der Waals surface area contributed by atoms with Crippen molar-refractivity contribution in [1.29, 1.82) is 0 Å². The summed E-state index contributed by atoms with van der Waals surface area (Å²) in [7, 11) is 0. The number of nitrogens with one attached hydrogen (secondary N) is 4. The fraction of sp³-hybridized carbons (Fsp3) is 0. The third-order valence-corrected chi connectivity index (χ3v) is 16.7. The summed E-state index contributed by atoms with van der Waals surface area (Å²) in [6, 6.07) is 115. The maximum absolute atomic E-state index is 12.6. The number of halogens is 1. The third kappa shape index (κ3) is 12.1. The second kappa shape index (κ2) is 26.4. The molecule has 8 nitrogen and oxygen atoms in total. The molecule has 14 aromatic carbocycles. The summed E-state index contributed by atoms with van der Waals surface area (Å²) in [5.41, 5.74) is 17.2. The molecule has 9 heteroatoms. The van der Waals surface area contributed by atoms with Crippen LogP contribution in [0.1, 0.15) is 0 Å². The van der Waals surface area contributed by atoms with Gasteiger partial charge in [0, 0.05) is 95.9 Å². The zero-order valence-electron chi connectivity index (χ0n) is 51.1. The first-order valence-electron chi connectivity index (χ1n) is 31.3. The number of nitrogens with zero attached hydrogens (tertiary/aromatic N) is 3. The fourth-order valence-corrected chi connectivity index (χ4v) is 12.5. The molecule has 0 spiro atoms. The van der Waals surface area contributed by atoms with Crippen molar-refractivity contribution in [3.8, 4) is 11.4 Å². The van der Waals surface area contributed by atoms with E-state index >= 15 is 0 Å². The first-order chi connectivity index (χ1) is 46.5. The molecule has 0 bridgehead atoms. The lowest BCUT2D eigenvalue weighted by molar-refractivity contribution is 0.628. The Kier molecular flexibility index (Phi) is 16.2. The van der Waals surface area contributed by atoms with Crippen LogP contribution < -0.4 is 21.3 Å². The highest BCUT2D eigenvalue weighted by Crippen LogP contribution is 2.41. The standard InChI is InChI=1S/C26H17NO.C24H18N2.C23H17N3.C12H10FN/c1-2-8-19-16-20(14-12-17(19)6-1)27-23-11-5-10-22-25-21-9-4-3-7-18(21)13-15-24(25)28-26(22)23;1-3-10-18(11-4-1)25-21-15-9-17-23-24(21)20-14-7-8-16-22(20)26(23)19-12-5-2-6-13-19;1-3-7-17(8-4-1)25-18-11-12-22-20(15-18)21-16-24-14-13-23(21)26(22)19-9-5-2-6-10-19;13-10-6-8-12(9-7-10)14-11-4-2-1-3-5-11/h1-16,27H;1-17,25H;1-16,25H;1-9,14H. The van der Waals surface area contributed by atoms with Crippen LogP contribution in [0.5, 0.6) is 0 Å². The van der Waals surface area contributed by atoms with E-state index in [9.17, 15) is 4.39 Å². The summed E-state index contributed by atoms with van der Waals surface area (Å²) in [6.45, 7) is 0. The van der Waals surface area contributed by atoms with E-state index in [1.165, 1.54) is 77.5 Å². The minimum Gasteiger partial charge on any atom is -0.454 e. The molecule has 450 valence electrons. The Labute approximate surface area is 543 Å². The van der Waals surface area contributed by atoms with Gasteiger partial charge in [0.15, 0.2) is 5.58 Å². The van der Waals surface area contributed by atoms with Crippen molar-refractivity contribution in [1.82, 2.24) is 14.1 Å². The van der Waals surface area contributed by atoms with Gasteiger partial charge in [-0.05, 0) is 173 Å². The summed E-state index contributed by atoms with van der Waals surface area (Å²) in [4.78, 5) is 4.35. The Morgan fingerprint density at radius 3 is 1.46 bits per heavy atom. The molecule has 0 atom stereocenters. The van der Waals surface area contributed by atoms with E-state index in [2.05, 4.69) is 290 Å². The molecule has 0 saturated carbocycles. The van der Waals surface area contributed by atoms with Gasteiger partial charge in [-0.2, -0.15) is 0 Å². The molecule has 0 aliphatic rings. The lowest BCUT2D eigenvalue weighted by Gasteiger charge is -2.10. The normalized spacial score (nSPS) is 11.0. The van der Waals surface area contributed by atoms with Crippen molar-refractivity contribution in [3.05, 3.63) is 358 Å². The van der Waals surface area contributed by atoms with Crippen LogP contribution in [-0.4, -0.2) is 14.1 Å². The summed E-state index contributed by atoms with van der Waals surface area (Å²) in [6.07, 6.45) is 3.80. The van der Waals surface area contributed by atoms with Gasteiger partial charge in [-0.1, -0.05) is 188 Å². The average Bonchev–Trinajstić information content (AvgIpc) is 1.61. The number of pyridine rings is 1. The highest BCUT2D eigenvalue weighted by molar-refractivity contribution is 6.21. The Morgan fingerprint density at radius 1 is 0.287 bits per heavy atom. The summed E-state index contributed by atoms with van der Waals surface area (Å²) in [5, 5.41) is 25.9. The van der Waals surface area contributed by atoms with E-state index in [4.69, 9.17) is 4.42 Å². The van der Waals surface area contributed by atoms with Gasteiger partial charge >= 0.3 is 0 Å². The van der Waals surface area contributed by atoms with E-state index < -0.39 is 0 Å². The molecule has 18 rings (SSSR count). The van der Waals surface area contributed by atoms with Crippen molar-refractivity contribution < 1.29 is 8.81 Å². The van der Waals surface area contributed by atoms with E-state index in [1.54, 1.807) is 12.1 Å². The smallest absolute Gasteiger partial charge is 0.158 e. The van der Waals surface area contributed by atoms with E-state index in [1.807, 2.05) is 73.1 Å². The van der Waals surface area contributed by atoms with Crippen molar-refractivity contribution >= 4 is 133 Å². The molecule has 0 unspecified atom stereocenters. The van der Waals surface area contributed by atoms with Crippen molar-refractivity contribution in [2.75, 3.05) is 21.3 Å². The van der Waals surface area contributed by atoms with Crippen LogP contribution in [-0.2, 0) is 0 Å². The second-order valence-corrected chi connectivity index (χ2v) is 22.8. The highest BCUT2D eigenvalue weighted by atomic mass is 19.1. The molecule has 94 heavy (non-hydrogen) atoms. The van der Waals surface area contributed by atoms with Gasteiger partial charge in [0.05, 0.1) is 27.8 Å². The molecule has 0 aliphatic heterocycles. The topological polar surface area (TPSA) is 84.0 Å². The zero-order chi connectivity index (χ0) is 63.0. The van der Waals surface area contributed by atoms with Crippen LogP contribution in [0.15, 0.2) is 357 Å². The van der Waals surface area contributed by atoms with Crippen molar-refractivity contribution in [2.24, 2.45) is 0 Å². The van der Waals surface area contributed by atoms with Crippen LogP contribution in [0, 0.1) is 5.82 Å². The molecule has 0 aliphatic carbocycles. The average molecular weight is 1220 g/mol. The molecular formula is C85H62FN7O. The van der Waals surface area contributed by atoms with Crippen LogP contribution >= 0.6 is 0 Å². The minimum absolute atomic E-state index is 0.219. The minimum atomic E-state index is -0.219. The Hall–Kier alpha value is -12.7. The van der Waals surface area contributed by atoms with Gasteiger partial charge in [0.1, 0.15) is 11.4 Å². The number of hydrogen-bond acceptors (Lipinski definition) is 6. The van der Waals surface area contributed by atoms with Gasteiger partial charge < -0.3 is 34.8 Å². The van der Waals surface area contributed by atoms with Gasteiger partial charge in [0.2, 0.25) is 0 Å². The molecule has 0 fully saturated rings. The number of rotatable bonds is 10. The maximum Gasteiger partial charge on any atom is 0.158 e. The number of aromatic nitrogens is 3. The molecular weight excluding hydrogens is 1150 g/mol. The zero-order valence-corrected chi connectivity index (χ0v) is 51.1. The largest absolute Gasteiger partial charge is 0.454 e.